The molecule has 0 aliphatic carbocycles. The van der Waals surface area contributed by atoms with E-state index in [0.717, 1.165) is 13.2 Å². The first kappa shape index (κ1) is 14.4. The summed E-state index contributed by atoms with van der Waals surface area (Å²) in [7, 11) is 4.14. The summed E-state index contributed by atoms with van der Waals surface area (Å²) >= 11 is 0. The van der Waals surface area contributed by atoms with Gasteiger partial charge in [-0.2, -0.15) is 0 Å². The van der Waals surface area contributed by atoms with Crippen LogP contribution in [0.2, 0.25) is 0 Å². The lowest BCUT2D eigenvalue weighted by atomic mass is 10.1. The van der Waals surface area contributed by atoms with Crippen LogP contribution < -0.4 is 10.2 Å². The summed E-state index contributed by atoms with van der Waals surface area (Å²) < 4.78 is 5.80. The Morgan fingerprint density at radius 1 is 1.32 bits per heavy atom. The monoisotopic (exact) mass is 262 g/mol. The van der Waals surface area contributed by atoms with Gasteiger partial charge in [-0.15, -0.1) is 0 Å². The van der Waals surface area contributed by atoms with Crippen LogP contribution >= 0.6 is 0 Å². The molecule has 0 saturated carbocycles. The van der Waals surface area contributed by atoms with E-state index in [1.165, 1.54) is 30.5 Å². The second kappa shape index (κ2) is 6.92. The van der Waals surface area contributed by atoms with Crippen LogP contribution in [0.4, 0.5) is 5.69 Å². The zero-order valence-corrected chi connectivity index (χ0v) is 12.4. The molecule has 1 aliphatic rings. The van der Waals surface area contributed by atoms with Gasteiger partial charge in [0.05, 0.1) is 6.10 Å². The molecule has 2 unspecified atom stereocenters. The Kier molecular flexibility index (Phi) is 5.23. The van der Waals surface area contributed by atoms with Crippen molar-refractivity contribution in [3.63, 3.8) is 0 Å². The molecule has 2 atom stereocenters. The Labute approximate surface area is 116 Å². The summed E-state index contributed by atoms with van der Waals surface area (Å²) in [4.78, 5) is 2.30. The van der Waals surface area contributed by atoms with Crippen molar-refractivity contribution < 1.29 is 4.74 Å². The van der Waals surface area contributed by atoms with E-state index >= 15 is 0 Å². The number of hydrogen-bond acceptors (Lipinski definition) is 3. The molecule has 2 rings (SSSR count). The highest BCUT2D eigenvalue weighted by Gasteiger charge is 2.16. The van der Waals surface area contributed by atoms with Crippen LogP contribution in [0.3, 0.4) is 0 Å². The predicted octanol–water partition coefficient (Wildman–Crippen LogP) is 2.97. The third-order valence-corrected chi connectivity index (χ3v) is 4.02. The van der Waals surface area contributed by atoms with Gasteiger partial charge in [-0.3, -0.25) is 0 Å². The van der Waals surface area contributed by atoms with Gasteiger partial charge in [0, 0.05) is 31.9 Å². The van der Waals surface area contributed by atoms with Crippen molar-refractivity contribution in [1.82, 2.24) is 5.32 Å². The van der Waals surface area contributed by atoms with E-state index in [1.807, 2.05) is 7.05 Å². The Hall–Kier alpha value is -1.06. The van der Waals surface area contributed by atoms with Crippen LogP contribution in [-0.4, -0.2) is 33.4 Å². The molecule has 0 aromatic heterocycles. The average molecular weight is 262 g/mol. The highest BCUT2D eigenvalue weighted by atomic mass is 16.5. The molecule has 1 fully saturated rings. The summed E-state index contributed by atoms with van der Waals surface area (Å²) in [6.07, 6.45) is 4.11. The van der Waals surface area contributed by atoms with Gasteiger partial charge in [-0.1, -0.05) is 12.1 Å². The first-order valence-corrected chi connectivity index (χ1v) is 7.30. The Morgan fingerprint density at radius 2 is 2.05 bits per heavy atom. The third kappa shape index (κ3) is 3.95. The number of nitrogens with zero attached hydrogens (tertiary/aromatic N) is 1. The van der Waals surface area contributed by atoms with E-state index in [2.05, 4.69) is 48.5 Å². The second-order valence-electron chi connectivity index (χ2n) is 5.47. The van der Waals surface area contributed by atoms with E-state index in [1.54, 1.807) is 0 Å². The SMILES string of the molecule is CNC(C)c1ccc(N(C)CC2CCCCO2)cc1. The maximum Gasteiger partial charge on any atom is 0.0749 e. The van der Waals surface area contributed by atoms with Gasteiger partial charge in [-0.05, 0) is 50.9 Å². The molecular formula is C16H26N2O. The van der Waals surface area contributed by atoms with Crippen molar-refractivity contribution in [2.75, 3.05) is 32.1 Å². The van der Waals surface area contributed by atoms with E-state index in [-0.39, 0.29) is 0 Å². The molecule has 0 bridgehead atoms. The number of ether oxygens (including phenoxy) is 1. The molecule has 0 spiro atoms. The van der Waals surface area contributed by atoms with Crippen molar-refractivity contribution in [3.05, 3.63) is 29.8 Å². The van der Waals surface area contributed by atoms with Crippen LogP contribution in [0.25, 0.3) is 0 Å². The lowest BCUT2D eigenvalue weighted by Gasteiger charge is -2.28. The van der Waals surface area contributed by atoms with Crippen LogP contribution in [0.5, 0.6) is 0 Å². The molecule has 3 nitrogen and oxygen atoms in total. The van der Waals surface area contributed by atoms with Crippen molar-refractivity contribution in [2.24, 2.45) is 0 Å². The number of rotatable bonds is 5. The maximum atomic E-state index is 5.80. The fourth-order valence-electron chi connectivity index (χ4n) is 2.55. The van der Waals surface area contributed by atoms with Gasteiger partial charge in [0.15, 0.2) is 0 Å². The van der Waals surface area contributed by atoms with Gasteiger partial charge < -0.3 is 15.0 Å². The van der Waals surface area contributed by atoms with Crippen LogP contribution in [0.1, 0.15) is 37.8 Å². The second-order valence-corrected chi connectivity index (χ2v) is 5.47. The topological polar surface area (TPSA) is 24.5 Å². The summed E-state index contributed by atoms with van der Waals surface area (Å²) in [6, 6.07) is 9.21. The molecule has 1 N–H and O–H groups in total. The lowest BCUT2D eigenvalue weighted by molar-refractivity contribution is 0.0216. The molecule has 1 aromatic carbocycles. The summed E-state index contributed by atoms with van der Waals surface area (Å²) in [5.74, 6) is 0. The smallest absolute Gasteiger partial charge is 0.0749 e. The highest BCUT2D eigenvalue weighted by Crippen LogP contribution is 2.20. The molecule has 1 saturated heterocycles. The summed E-state index contributed by atoms with van der Waals surface area (Å²) in [5, 5.41) is 3.26. The van der Waals surface area contributed by atoms with Crippen LogP contribution in [-0.2, 0) is 4.74 Å². The summed E-state index contributed by atoms with van der Waals surface area (Å²) in [5.41, 5.74) is 2.59. The van der Waals surface area contributed by atoms with E-state index in [4.69, 9.17) is 4.74 Å². The van der Waals surface area contributed by atoms with Gasteiger partial charge in [-0.25, -0.2) is 0 Å². The fraction of sp³-hybridized carbons (Fsp3) is 0.625. The van der Waals surface area contributed by atoms with Gasteiger partial charge in [0.1, 0.15) is 0 Å². The number of anilines is 1. The molecule has 19 heavy (non-hydrogen) atoms. The van der Waals surface area contributed by atoms with Gasteiger partial charge >= 0.3 is 0 Å². The Bertz CT molecular complexity index is 371. The first-order chi connectivity index (χ1) is 9.20. The normalized spacial score (nSPS) is 21.1. The maximum absolute atomic E-state index is 5.80. The molecule has 106 valence electrons. The molecule has 0 radical (unpaired) electrons. The standard InChI is InChI=1S/C16H26N2O/c1-13(17-2)14-7-9-15(10-8-14)18(3)12-16-6-4-5-11-19-16/h7-10,13,16-17H,4-6,11-12H2,1-3H3. The summed E-state index contributed by atoms with van der Waals surface area (Å²) in [6.45, 7) is 4.09. The minimum absolute atomic E-state index is 0.398. The number of likely N-dealkylation sites (N-methyl/N-ethyl adjacent to an activating group) is 1. The zero-order valence-electron chi connectivity index (χ0n) is 12.4. The Balaban J connectivity index is 1.93. The average Bonchev–Trinajstić information content (AvgIpc) is 2.47. The quantitative estimate of drug-likeness (QED) is 0.883. The minimum atomic E-state index is 0.398. The molecule has 0 amide bonds. The molecular weight excluding hydrogens is 236 g/mol. The molecule has 3 heteroatoms. The predicted molar refractivity (Wildman–Crippen MR) is 80.8 cm³/mol. The van der Waals surface area contributed by atoms with Crippen molar-refractivity contribution in [3.8, 4) is 0 Å². The van der Waals surface area contributed by atoms with Crippen molar-refractivity contribution >= 4 is 5.69 Å². The Morgan fingerprint density at radius 3 is 2.63 bits per heavy atom. The largest absolute Gasteiger partial charge is 0.376 e. The number of benzene rings is 1. The first-order valence-electron chi connectivity index (χ1n) is 7.30. The number of nitrogens with one attached hydrogen (secondary N) is 1. The third-order valence-electron chi connectivity index (χ3n) is 4.02. The zero-order chi connectivity index (χ0) is 13.7. The highest BCUT2D eigenvalue weighted by molar-refractivity contribution is 5.47. The van der Waals surface area contributed by atoms with E-state index < -0.39 is 0 Å². The minimum Gasteiger partial charge on any atom is -0.376 e. The van der Waals surface area contributed by atoms with E-state index in [0.29, 0.717) is 12.1 Å². The molecule has 1 aliphatic heterocycles. The van der Waals surface area contributed by atoms with Crippen LogP contribution in [0.15, 0.2) is 24.3 Å². The number of hydrogen-bond donors (Lipinski definition) is 1. The van der Waals surface area contributed by atoms with Crippen molar-refractivity contribution in [1.29, 1.82) is 0 Å². The lowest BCUT2D eigenvalue weighted by Crippen LogP contribution is -2.33. The van der Waals surface area contributed by atoms with E-state index in [9.17, 15) is 0 Å². The van der Waals surface area contributed by atoms with Crippen LogP contribution in [0, 0.1) is 0 Å². The fourth-order valence-corrected chi connectivity index (χ4v) is 2.55. The van der Waals surface area contributed by atoms with Crippen molar-refractivity contribution in [2.45, 2.75) is 38.3 Å². The molecule has 1 heterocycles. The van der Waals surface area contributed by atoms with Gasteiger partial charge in [0.2, 0.25) is 0 Å². The molecule has 1 aromatic rings. The van der Waals surface area contributed by atoms with Gasteiger partial charge in [0.25, 0.3) is 0 Å².